The van der Waals surface area contributed by atoms with Crippen LogP contribution in [0, 0.1) is 5.82 Å². The fraction of sp³-hybridized carbons (Fsp3) is 0.455. The van der Waals surface area contributed by atoms with Crippen LogP contribution in [0.3, 0.4) is 0 Å². The number of hydrogen-bond donors (Lipinski definition) is 1. The molecule has 0 amide bonds. The summed E-state index contributed by atoms with van der Waals surface area (Å²) in [6.45, 7) is 4.04. The first-order valence-corrected chi connectivity index (χ1v) is 5.18. The monoisotopic (exact) mass is 232 g/mol. The highest BCUT2D eigenvalue weighted by Gasteiger charge is 2.19. The zero-order chi connectivity index (χ0) is 11.4. The maximum Gasteiger partial charge on any atom is 0.123 e. The molecule has 0 saturated heterocycles. The molecular formula is C11H14ClFO2. The molecule has 0 heterocycles. The van der Waals surface area contributed by atoms with E-state index in [1.54, 1.807) is 6.92 Å². The molecule has 0 aliphatic heterocycles. The van der Waals surface area contributed by atoms with Gasteiger partial charge in [-0.15, -0.1) is 0 Å². The molecule has 2 nitrogen and oxygen atoms in total. The predicted molar refractivity (Wildman–Crippen MR) is 57.5 cm³/mol. The van der Waals surface area contributed by atoms with E-state index in [4.69, 9.17) is 16.3 Å². The second-order valence-electron chi connectivity index (χ2n) is 3.27. The predicted octanol–water partition coefficient (Wildman–Crippen LogP) is 2.94. The summed E-state index contributed by atoms with van der Waals surface area (Å²) >= 11 is 5.85. The van der Waals surface area contributed by atoms with Gasteiger partial charge in [-0.2, -0.15) is 0 Å². The van der Waals surface area contributed by atoms with E-state index in [0.717, 1.165) is 0 Å². The molecule has 1 rings (SSSR count). The average molecular weight is 233 g/mol. The van der Waals surface area contributed by atoms with E-state index in [1.807, 2.05) is 6.92 Å². The molecule has 1 aromatic carbocycles. The molecule has 0 aliphatic carbocycles. The van der Waals surface area contributed by atoms with Crippen molar-refractivity contribution in [3.05, 3.63) is 34.6 Å². The zero-order valence-corrected chi connectivity index (χ0v) is 9.46. The number of halogens is 2. The zero-order valence-electron chi connectivity index (χ0n) is 8.71. The van der Waals surface area contributed by atoms with Gasteiger partial charge in [0.15, 0.2) is 0 Å². The number of benzene rings is 1. The van der Waals surface area contributed by atoms with Crippen molar-refractivity contribution in [1.29, 1.82) is 0 Å². The van der Waals surface area contributed by atoms with Crippen LogP contribution in [0.1, 0.15) is 25.5 Å². The van der Waals surface area contributed by atoms with Crippen molar-refractivity contribution >= 4 is 11.6 Å². The third-order valence-electron chi connectivity index (χ3n) is 2.15. The lowest BCUT2D eigenvalue weighted by Crippen LogP contribution is -2.19. The van der Waals surface area contributed by atoms with Crippen molar-refractivity contribution in [2.75, 3.05) is 6.61 Å². The first kappa shape index (κ1) is 12.4. The highest BCUT2D eigenvalue weighted by molar-refractivity contribution is 6.31. The second kappa shape index (κ2) is 5.45. The molecule has 2 unspecified atom stereocenters. The van der Waals surface area contributed by atoms with Crippen LogP contribution in [-0.2, 0) is 4.74 Å². The Balaban J connectivity index is 2.89. The van der Waals surface area contributed by atoms with E-state index in [1.165, 1.54) is 18.2 Å². The number of hydrogen-bond acceptors (Lipinski definition) is 2. The van der Waals surface area contributed by atoms with Gasteiger partial charge in [0, 0.05) is 17.2 Å². The topological polar surface area (TPSA) is 29.5 Å². The second-order valence-corrected chi connectivity index (χ2v) is 3.68. The van der Waals surface area contributed by atoms with E-state index in [-0.39, 0.29) is 0 Å². The quantitative estimate of drug-likeness (QED) is 0.865. The molecule has 0 bridgehead atoms. The molecule has 1 N–H and O–H groups in total. The lowest BCUT2D eigenvalue weighted by molar-refractivity contribution is -0.0228. The maximum absolute atomic E-state index is 12.9. The van der Waals surface area contributed by atoms with Crippen molar-refractivity contribution in [3.8, 4) is 0 Å². The minimum atomic E-state index is -0.909. The summed E-state index contributed by atoms with van der Waals surface area (Å²) in [6.07, 6.45) is -1.32. The number of aliphatic hydroxyl groups excluding tert-OH is 1. The minimum absolute atomic E-state index is 0.343. The highest BCUT2D eigenvalue weighted by atomic mass is 35.5. The van der Waals surface area contributed by atoms with Gasteiger partial charge in [0.1, 0.15) is 11.9 Å². The normalized spacial score (nSPS) is 15.0. The van der Waals surface area contributed by atoms with Crippen molar-refractivity contribution < 1.29 is 14.2 Å². The number of ether oxygens (including phenoxy) is 1. The molecule has 0 saturated carbocycles. The maximum atomic E-state index is 12.9. The molecule has 84 valence electrons. The largest absolute Gasteiger partial charge is 0.386 e. The molecule has 2 atom stereocenters. The lowest BCUT2D eigenvalue weighted by atomic mass is 10.1. The average Bonchev–Trinajstić information content (AvgIpc) is 2.21. The molecule has 0 aromatic heterocycles. The summed E-state index contributed by atoms with van der Waals surface area (Å²) in [7, 11) is 0. The fourth-order valence-corrected chi connectivity index (χ4v) is 1.58. The van der Waals surface area contributed by atoms with Gasteiger partial charge >= 0.3 is 0 Å². The lowest BCUT2D eigenvalue weighted by Gasteiger charge is -2.20. The Hall–Kier alpha value is -0.640. The van der Waals surface area contributed by atoms with E-state index >= 15 is 0 Å². The molecule has 1 aromatic rings. The van der Waals surface area contributed by atoms with Gasteiger partial charge in [-0.1, -0.05) is 11.6 Å². The summed E-state index contributed by atoms with van der Waals surface area (Å²) in [6, 6.07) is 3.90. The van der Waals surface area contributed by atoms with Crippen molar-refractivity contribution in [2.45, 2.75) is 26.1 Å². The van der Waals surface area contributed by atoms with Crippen LogP contribution in [0.15, 0.2) is 18.2 Å². The number of rotatable bonds is 4. The molecular weight excluding hydrogens is 219 g/mol. The van der Waals surface area contributed by atoms with Crippen LogP contribution in [0.5, 0.6) is 0 Å². The van der Waals surface area contributed by atoms with Crippen LogP contribution < -0.4 is 0 Å². The van der Waals surface area contributed by atoms with Gasteiger partial charge in [0.25, 0.3) is 0 Å². The van der Waals surface area contributed by atoms with Crippen molar-refractivity contribution in [2.24, 2.45) is 0 Å². The molecule has 0 radical (unpaired) electrons. The highest BCUT2D eigenvalue weighted by Crippen LogP contribution is 2.27. The molecule has 0 fully saturated rings. The molecule has 15 heavy (non-hydrogen) atoms. The molecule has 4 heteroatoms. The summed E-state index contributed by atoms with van der Waals surface area (Å²) in [4.78, 5) is 0. The van der Waals surface area contributed by atoms with E-state index in [9.17, 15) is 9.50 Å². The van der Waals surface area contributed by atoms with Gasteiger partial charge in [0.05, 0.1) is 6.10 Å². The van der Waals surface area contributed by atoms with E-state index in [0.29, 0.717) is 17.2 Å². The van der Waals surface area contributed by atoms with Gasteiger partial charge in [-0.05, 0) is 32.0 Å². The third-order valence-corrected chi connectivity index (χ3v) is 2.50. The fourth-order valence-electron chi connectivity index (χ4n) is 1.35. The standard InChI is InChI=1S/C11H14ClFO2/c1-3-15-7(2)11(14)9-6-8(13)4-5-10(9)12/h4-7,11,14H,3H2,1-2H3. The SMILES string of the molecule is CCOC(C)C(O)c1cc(F)ccc1Cl. The van der Waals surface area contributed by atoms with Crippen LogP contribution in [0.25, 0.3) is 0 Å². The van der Waals surface area contributed by atoms with E-state index in [2.05, 4.69) is 0 Å². The first-order chi connectivity index (χ1) is 7.06. The van der Waals surface area contributed by atoms with Gasteiger partial charge in [-0.3, -0.25) is 0 Å². The van der Waals surface area contributed by atoms with Crippen LogP contribution in [-0.4, -0.2) is 17.8 Å². The first-order valence-electron chi connectivity index (χ1n) is 4.81. The Morgan fingerprint density at radius 3 is 2.80 bits per heavy atom. The van der Waals surface area contributed by atoms with Crippen molar-refractivity contribution in [1.82, 2.24) is 0 Å². The Morgan fingerprint density at radius 2 is 2.20 bits per heavy atom. The molecule has 0 spiro atoms. The van der Waals surface area contributed by atoms with Crippen LogP contribution >= 0.6 is 11.6 Å². The van der Waals surface area contributed by atoms with Gasteiger partial charge in [0.2, 0.25) is 0 Å². The third kappa shape index (κ3) is 3.16. The summed E-state index contributed by atoms with van der Waals surface area (Å²) in [5, 5.41) is 10.2. The number of aliphatic hydroxyl groups is 1. The Bertz CT molecular complexity index is 330. The molecule has 0 aliphatic rings. The minimum Gasteiger partial charge on any atom is -0.386 e. The summed E-state index contributed by atoms with van der Waals surface area (Å²) in [5.41, 5.74) is 0.359. The van der Waals surface area contributed by atoms with Crippen LogP contribution in [0.2, 0.25) is 5.02 Å². The summed E-state index contributed by atoms with van der Waals surface area (Å²) < 4.78 is 18.2. The Labute approximate surface area is 93.6 Å². The van der Waals surface area contributed by atoms with Crippen LogP contribution in [0.4, 0.5) is 4.39 Å². The smallest absolute Gasteiger partial charge is 0.123 e. The van der Waals surface area contributed by atoms with Gasteiger partial charge in [-0.25, -0.2) is 4.39 Å². The Kier molecular flexibility index (Phi) is 4.51. The van der Waals surface area contributed by atoms with E-state index < -0.39 is 18.0 Å². The summed E-state index contributed by atoms with van der Waals surface area (Å²) in [5.74, 6) is -0.419. The van der Waals surface area contributed by atoms with Gasteiger partial charge < -0.3 is 9.84 Å². The Morgan fingerprint density at radius 1 is 1.53 bits per heavy atom. The van der Waals surface area contributed by atoms with Crippen molar-refractivity contribution in [3.63, 3.8) is 0 Å².